The van der Waals surface area contributed by atoms with E-state index >= 15 is 0 Å². The van der Waals surface area contributed by atoms with Crippen LogP contribution in [-0.4, -0.2) is 42.0 Å². The number of aromatic amines is 1. The van der Waals surface area contributed by atoms with Crippen LogP contribution < -0.4 is 10.6 Å². The number of para-hydroxylation sites is 1. The maximum absolute atomic E-state index is 13.5. The minimum absolute atomic E-state index is 0.235. The summed E-state index contributed by atoms with van der Waals surface area (Å²) in [6.45, 7) is 0. The maximum Gasteiger partial charge on any atom is 0.328 e. The molecule has 7 heteroatoms. The minimum Gasteiger partial charge on any atom is -0.467 e. The highest BCUT2D eigenvalue weighted by molar-refractivity contribution is 5.92. The van der Waals surface area contributed by atoms with E-state index in [0.29, 0.717) is 6.42 Å². The average molecular weight is 498 g/mol. The van der Waals surface area contributed by atoms with Gasteiger partial charge < -0.3 is 20.4 Å². The molecule has 1 heterocycles. The van der Waals surface area contributed by atoms with Gasteiger partial charge in [0, 0.05) is 36.4 Å². The zero-order chi connectivity index (χ0) is 26.0. The van der Waals surface area contributed by atoms with E-state index in [0.717, 1.165) is 27.6 Å². The SMILES string of the molecule is COC(=O)[C@@H](Cc1ccccc1)NC(=O)[C@H](Cc1c[nH]c2ccccc12)NC(=O)CCc1ccccc1. The zero-order valence-corrected chi connectivity index (χ0v) is 20.8. The lowest BCUT2D eigenvalue weighted by Crippen LogP contribution is -2.53. The van der Waals surface area contributed by atoms with Gasteiger partial charge in [0.1, 0.15) is 12.1 Å². The summed E-state index contributed by atoms with van der Waals surface area (Å²) in [5.74, 6) is -1.22. The molecule has 0 bridgehead atoms. The molecule has 0 spiro atoms. The number of aromatic nitrogens is 1. The number of rotatable bonds is 11. The summed E-state index contributed by atoms with van der Waals surface area (Å²) in [6.07, 6.45) is 3.20. The molecule has 0 saturated heterocycles. The Morgan fingerprint density at radius 3 is 2.14 bits per heavy atom. The Morgan fingerprint density at radius 1 is 0.784 bits per heavy atom. The molecule has 37 heavy (non-hydrogen) atoms. The van der Waals surface area contributed by atoms with Gasteiger partial charge in [0.25, 0.3) is 0 Å². The maximum atomic E-state index is 13.5. The van der Waals surface area contributed by atoms with Crippen molar-refractivity contribution in [1.29, 1.82) is 0 Å². The van der Waals surface area contributed by atoms with E-state index in [1.807, 2.05) is 91.1 Å². The van der Waals surface area contributed by atoms with E-state index in [4.69, 9.17) is 4.74 Å². The highest BCUT2D eigenvalue weighted by Crippen LogP contribution is 2.19. The number of fused-ring (bicyclic) bond motifs is 1. The number of hydrogen-bond donors (Lipinski definition) is 3. The number of nitrogens with one attached hydrogen (secondary N) is 3. The highest BCUT2D eigenvalue weighted by atomic mass is 16.5. The number of H-pyrrole nitrogens is 1. The predicted molar refractivity (Wildman–Crippen MR) is 143 cm³/mol. The van der Waals surface area contributed by atoms with E-state index in [1.54, 1.807) is 0 Å². The lowest BCUT2D eigenvalue weighted by atomic mass is 10.0. The lowest BCUT2D eigenvalue weighted by molar-refractivity contribution is -0.145. The Balaban J connectivity index is 1.51. The molecule has 0 aliphatic heterocycles. The molecule has 3 N–H and O–H groups in total. The summed E-state index contributed by atoms with van der Waals surface area (Å²) in [5, 5.41) is 6.70. The largest absolute Gasteiger partial charge is 0.467 e. The van der Waals surface area contributed by atoms with E-state index in [-0.39, 0.29) is 25.2 Å². The van der Waals surface area contributed by atoms with Gasteiger partial charge in [-0.15, -0.1) is 0 Å². The molecule has 4 rings (SSSR count). The Kier molecular flexibility index (Phi) is 8.70. The normalized spacial score (nSPS) is 12.5. The van der Waals surface area contributed by atoms with Crippen LogP contribution in [-0.2, 0) is 38.4 Å². The summed E-state index contributed by atoms with van der Waals surface area (Å²) < 4.78 is 4.95. The van der Waals surface area contributed by atoms with Gasteiger partial charge in [-0.25, -0.2) is 4.79 Å². The highest BCUT2D eigenvalue weighted by Gasteiger charge is 2.28. The number of methoxy groups -OCH3 is 1. The van der Waals surface area contributed by atoms with Crippen LogP contribution in [0.2, 0.25) is 0 Å². The zero-order valence-electron chi connectivity index (χ0n) is 20.8. The standard InChI is InChI=1S/C30H31N3O4/c1-37-30(36)27(18-22-12-6-3-7-13-22)33-29(35)26(19-23-20-31-25-15-9-8-14-24(23)25)32-28(34)17-16-21-10-4-2-5-11-21/h2-15,20,26-27,31H,16-19H2,1H3,(H,32,34)(H,33,35)/t26-,27+/m0/s1. The predicted octanol–water partition coefficient (Wildman–Crippen LogP) is 3.73. The molecule has 0 saturated carbocycles. The fourth-order valence-corrected chi connectivity index (χ4v) is 4.36. The lowest BCUT2D eigenvalue weighted by Gasteiger charge is -2.22. The Labute approximate surface area is 216 Å². The molecular weight excluding hydrogens is 466 g/mol. The van der Waals surface area contributed by atoms with Crippen LogP contribution in [0.3, 0.4) is 0 Å². The molecule has 0 unspecified atom stereocenters. The van der Waals surface area contributed by atoms with Gasteiger partial charge in [-0.05, 0) is 29.2 Å². The summed E-state index contributed by atoms with van der Waals surface area (Å²) >= 11 is 0. The average Bonchev–Trinajstić information content (AvgIpc) is 3.34. The van der Waals surface area contributed by atoms with Crippen LogP contribution >= 0.6 is 0 Å². The number of benzene rings is 3. The second kappa shape index (κ2) is 12.5. The molecule has 2 amide bonds. The van der Waals surface area contributed by atoms with Gasteiger partial charge in [-0.2, -0.15) is 0 Å². The fourth-order valence-electron chi connectivity index (χ4n) is 4.36. The Bertz CT molecular complexity index is 1330. The molecule has 190 valence electrons. The molecule has 0 fully saturated rings. The molecule has 2 atom stereocenters. The van der Waals surface area contributed by atoms with Crippen molar-refractivity contribution in [3.8, 4) is 0 Å². The molecule has 4 aromatic rings. The molecule has 0 aliphatic carbocycles. The molecule has 0 radical (unpaired) electrons. The third kappa shape index (κ3) is 7.07. The quantitative estimate of drug-likeness (QED) is 0.275. The van der Waals surface area contributed by atoms with Gasteiger partial charge in [-0.1, -0.05) is 78.9 Å². The molecule has 1 aromatic heterocycles. The van der Waals surface area contributed by atoms with Crippen molar-refractivity contribution in [2.45, 2.75) is 37.8 Å². The van der Waals surface area contributed by atoms with Crippen LogP contribution in [0, 0.1) is 0 Å². The number of hydrogen-bond acceptors (Lipinski definition) is 4. The second-order valence-corrected chi connectivity index (χ2v) is 8.94. The van der Waals surface area contributed by atoms with Gasteiger partial charge >= 0.3 is 5.97 Å². The first-order valence-corrected chi connectivity index (χ1v) is 12.3. The van der Waals surface area contributed by atoms with E-state index in [1.165, 1.54) is 7.11 Å². The summed E-state index contributed by atoms with van der Waals surface area (Å²) in [6, 6.07) is 25.2. The van der Waals surface area contributed by atoms with Gasteiger partial charge in [-0.3, -0.25) is 9.59 Å². The third-order valence-electron chi connectivity index (χ3n) is 6.32. The number of esters is 1. The number of carbonyl (C=O) groups excluding carboxylic acids is 3. The molecule has 0 aliphatic rings. The van der Waals surface area contributed by atoms with E-state index in [2.05, 4.69) is 15.6 Å². The van der Waals surface area contributed by atoms with Gasteiger partial charge in [0.05, 0.1) is 7.11 Å². The van der Waals surface area contributed by atoms with Crippen LogP contribution in [0.25, 0.3) is 10.9 Å². The number of ether oxygens (including phenoxy) is 1. The van der Waals surface area contributed by atoms with Crippen molar-refractivity contribution in [2.75, 3.05) is 7.11 Å². The van der Waals surface area contributed by atoms with Crippen LogP contribution in [0.4, 0.5) is 0 Å². The smallest absolute Gasteiger partial charge is 0.328 e. The first kappa shape index (κ1) is 25.7. The van der Waals surface area contributed by atoms with Crippen molar-refractivity contribution in [2.24, 2.45) is 0 Å². The molecule has 7 nitrogen and oxygen atoms in total. The van der Waals surface area contributed by atoms with Gasteiger partial charge in [0.15, 0.2) is 0 Å². The topological polar surface area (TPSA) is 100 Å². The number of aryl methyl sites for hydroxylation is 1. The van der Waals surface area contributed by atoms with E-state index < -0.39 is 24.0 Å². The van der Waals surface area contributed by atoms with Crippen LogP contribution in [0.1, 0.15) is 23.1 Å². The summed E-state index contributed by atoms with van der Waals surface area (Å²) in [5.41, 5.74) is 3.78. The fraction of sp³-hybridized carbons (Fsp3) is 0.233. The molecular formula is C30H31N3O4. The van der Waals surface area contributed by atoms with Gasteiger partial charge in [0.2, 0.25) is 11.8 Å². The van der Waals surface area contributed by atoms with Crippen LogP contribution in [0.15, 0.2) is 91.1 Å². The minimum atomic E-state index is -0.883. The summed E-state index contributed by atoms with van der Waals surface area (Å²) in [7, 11) is 1.29. The summed E-state index contributed by atoms with van der Waals surface area (Å²) in [4.78, 5) is 42.1. The van der Waals surface area contributed by atoms with Crippen molar-refractivity contribution >= 4 is 28.7 Å². The number of amides is 2. The first-order chi connectivity index (χ1) is 18.0. The molecule has 3 aromatic carbocycles. The number of carbonyl (C=O) groups is 3. The van der Waals surface area contributed by atoms with Crippen molar-refractivity contribution in [3.63, 3.8) is 0 Å². The monoisotopic (exact) mass is 497 g/mol. The van der Waals surface area contributed by atoms with Crippen molar-refractivity contribution in [3.05, 3.63) is 108 Å². The Hall–Kier alpha value is -4.39. The Morgan fingerprint density at radius 2 is 1.43 bits per heavy atom. The third-order valence-corrected chi connectivity index (χ3v) is 6.32. The van der Waals surface area contributed by atoms with E-state index in [9.17, 15) is 14.4 Å². The second-order valence-electron chi connectivity index (χ2n) is 8.94. The van der Waals surface area contributed by atoms with Crippen molar-refractivity contribution in [1.82, 2.24) is 15.6 Å². The van der Waals surface area contributed by atoms with Crippen molar-refractivity contribution < 1.29 is 19.1 Å². The van der Waals surface area contributed by atoms with Crippen LogP contribution in [0.5, 0.6) is 0 Å². The first-order valence-electron chi connectivity index (χ1n) is 12.3.